The lowest BCUT2D eigenvalue weighted by Crippen LogP contribution is -1.95. The zero-order valence-corrected chi connectivity index (χ0v) is 6.10. The molecule has 0 bridgehead atoms. The Bertz CT molecular complexity index is 303. The van der Waals surface area contributed by atoms with Crippen molar-refractivity contribution in [3.05, 3.63) is 40.6 Å². The van der Waals surface area contributed by atoms with Gasteiger partial charge in [-0.1, -0.05) is 12.1 Å². The van der Waals surface area contributed by atoms with Gasteiger partial charge >= 0.3 is 5.97 Å². The van der Waals surface area contributed by atoms with Crippen LogP contribution in [0.15, 0.2) is 29.4 Å². The second kappa shape index (κ2) is 3.52. The van der Waals surface area contributed by atoms with Crippen LogP contribution >= 0.6 is 0 Å². The van der Waals surface area contributed by atoms with Crippen LogP contribution in [0.4, 0.5) is 0 Å². The van der Waals surface area contributed by atoms with Crippen molar-refractivity contribution in [2.75, 3.05) is 0 Å². The van der Waals surface area contributed by atoms with E-state index in [0.717, 1.165) is 6.21 Å². The summed E-state index contributed by atoms with van der Waals surface area (Å²) in [5, 5.41) is 20.8. The normalized spacial score (nSPS) is 10.3. The van der Waals surface area contributed by atoms with Gasteiger partial charge in [-0.25, -0.2) is 4.79 Å². The van der Waals surface area contributed by atoms with Crippen LogP contribution in [-0.2, 0) is 0 Å². The molecule has 1 aromatic carbocycles. The van der Waals surface area contributed by atoms with Crippen molar-refractivity contribution >= 4 is 12.2 Å². The third-order valence-corrected chi connectivity index (χ3v) is 1.36. The molecule has 0 amide bonds. The van der Waals surface area contributed by atoms with E-state index in [-0.39, 0.29) is 5.56 Å². The van der Waals surface area contributed by atoms with Crippen LogP contribution in [0.5, 0.6) is 0 Å². The van der Waals surface area contributed by atoms with E-state index in [9.17, 15) is 10.0 Å². The highest BCUT2D eigenvalue weighted by Crippen LogP contribution is 2.01. The van der Waals surface area contributed by atoms with E-state index < -0.39 is 5.97 Å². The highest BCUT2D eigenvalue weighted by atomic mass is 16.4. The molecule has 4 heteroatoms. The van der Waals surface area contributed by atoms with Crippen molar-refractivity contribution in [1.29, 1.82) is 0 Å². The molecule has 0 radical (unpaired) electrons. The van der Waals surface area contributed by atoms with Crippen molar-refractivity contribution in [2.45, 2.75) is 0 Å². The number of carboxylic acids is 1. The quantitative estimate of drug-likeness (QED) is 0.528. The molecule has 0 aliphatic rings. The second-order valence-corrected chi connectivity index (χ2v) is 2.16. The Morgan fingerprint density at radius 3 is 2.42 bits per heavy atom. The molecule has 0 saturated heterocycles. The van der Waals surface area contributed by atoms with Crippen LogP contribution < -0.4 is 0 Å². The van der Waals surface area contributed by atoms with Crippen molar-refractivity contribution < 1.29 is 9.90 Å². The maximum absolute atomic E-state index is 10.4. The topological polar surface area (TPSA) is 72.7 Å². The highest BCUT2D eigenvalue weighted by molar-refractivity contribution is 5.89. The first-order chi connectivity index (χ1) is 5.74. The maximum atomic E-state index is 10.4. The minimum absolute atomic E-state index is 0.193. The smallest absolute Gasteiger partial charge is 0.335 e. The van der Waals surface area contributed by atoms with Crippen LogP contribution in [-0.4, -0.2) is 17.3 Å². The monoisotopic (exact) mass is 164 g/mol. The molecule has 0 heterocycles. The molecule has 0 saturated carbocycles. The van der Waals surface area contributed by atoms with Gasteiger partial charge in [-0.3, -0.25) is 0 Å². The summed E-state index contributed by atoms with van der Waals surface area (Å²) in [4.78, 5) is 10.4. The fourth-order valence-corrected chi connectivity index (χ4v) is 0.773. The lowest BCUT2D eigenvalue weighted by molar-refractivity contribution is 0.0697. The fraction of sp³-hybridized carbons (Fsp3) is 0. The molecule has 0 unspecified atom stereocenters. The Morgan fingerprint density at radius 1 is 1.42 bits per heavy atom. The van der Waals surface area contributed by atoms with Crippen LogP contribution in [0, 0.1) is 5.21 Å². The third-order valence-electron chi connectivity index (χ3n) is 1.36. The number of hydrogen-bond acceptors (Lipinski definition) is 3. The third kappa shape index (κ3) is 1.82. The van der Waals surface area contributed by atoms with Crippen LogP contribution in [0.3, 0.4) is 0 Å². The summed E-state index contributed by atoms with van der Waals surface area (Å²) in [5.41, 5.74) is 0.785. The maximum Gasteiger partial charge on any atom is 0.335 e. The highest BCUT2D eigenvalue weighted by Gasteiger charge is 1.99. The summed E-state index contributed by atoms with van der Waals surface area (Å²) in [6, 6.07) is 5.87. The van der Waals surface area contributed by atoms with E-state index >= 15 is 0 Å². The van der Waals surface area contributed by atoms with Crippen LogP contribution in [0.1, 0.15) is 15.9 Å². The molecule has 0 spiro atoms. The first-order valence-corrected chi connectivity index (χ1v) is 3.23. The van der Waals surface area contributed by atoms with Gasteiger partial charge in [0.1, 0.15) is 0 Å². The Morgan fingerprint density at radius 2 is 2.00 bits per heavy atom. The summed E-state index contributed by atoms with van der Waals surface area (Å²) in [7, 11) is 0. The van der Waals surface area contributed by atoms with Gasteiger partial charge < -0.3 is 15.5 Å². The summed E-state index contributed by atoms with van der Waals surface area (Å²) >= 11 is 0. The van der Waals surface area contributed by atoms with Gasteiger partial charge in [0.25, 0.3) is 0 Å². The average molecular weight is 164 g/mol. The molecule has 1 rings (SSSR count). The molecular weight excluding hydrogens is 158 g/mol. The lowest BCUT2D eigenvalue weighted by Gasteiger charge is -1.95. The number of carbonyl (C=O) groups is 1. The molecule has 1 N–H and O–H groups in total. The molecule has 0 atom stereocenters. The van der Waals surface area contributed by atoms with Gasteiger partial charge in [-0.2, -0.15) is 0 Å². The van der Waals surface area contributed by atoms with E-state index in [1.54, 1.807) is 0 Å². The Hall–Kier alpha value is -1.84. The fourth-order valence-electron chi connectivity index (χ4n) is 0.773. The van der Waals surface area contributed by atoms with Crippen molar-refractivity contribution in [1.82, 2.24) is 0 Å². The molecule has 4 nitrogen and oxygen atoms in total. The molecule has 0 aromatic heterocycles. The number of rotatable bonds is 2. The van der Waals surface area contributed by atoms with Crippen LogP contribution in [0.25, 0.3) is 0 Å². The zero-order valence-electron chi connectivity index (χ0n) is 6.10. The number of carboxylic acid groups (broad SMARTS) is 1. The summed E-state index contributed by atoms with van der Waals surface area (Å²) in [5.74, 6) is -0.986. The standard InChI is InChI=1S/C8H7NO3/c10-8(11)7-3-1-6(2-4-7)5-9-12/h1-5,12H,(H,10,11)/p-1/b9-5-. The van der Waals surface area contributed by atoms with Gasteiger partial charge in [-0.15, -0.1) is 0 Å². The zero-order chi connectivity index (χ0) is 8.97. The van der Waals surface area contributed by atoms with E-state index in [1.165, 1.54) is 24.3 Å². The van der Waals surface area contributed by atoms with Crippen molar-refractivity contribution in [3.63, 3.8) is 0 Å². The summed E-state index contributed by atoms with van der Waals surface area (Å²) < 4.78 is 0. The Balaban J connectivity index is 2.93. The second-order valence-electron chi connectivity index (χ2n) is 2.16. The SMILES string of the molecule is O=C(O)c1ccc(/C=N\[O-])cc1. The van der Waals surface area contributed by atoms with Gasteiger partial charge in [-0.05, 0) is 17.7 Å². The molecule has 0 fully saturated rings. The number of aromatic carboxylic acids is 1. The van der Waals surface area contributed by atoms with Crippen molar-refractivity contribution in [3.8, 4) is 0 Å². The largest absolute Gasteiger partial charge is 0.792 e. The summed E-state index contributed by atoms with van der Waals surface area (Å²) in [6.45, 7) is 0. The first kappa shape index (κ1) is 8.26. The van der Waals surface area contributed by atoms with Gasteiger partial charge in [0.15, 0.2) is 0 Å². The molecule has 62 valence electrons. The molecule has 1 aromatic rings. The Labute approximate surface area is 68.8 Å². The van der Waals surface area contributed by atoms with Gasteiger partial charge in [0.05, 0.1) is 5.56 Å². The minimum atomic E-state index is -0.986. The summed E-state index contributed by atoms with van der Waals surface area (Å²) in [6.07, 6.45) is 1.12. The molecule has 0 aliphatic carbocycles. The van der Waals surface area contributed by atoms with E-state index in [2.05, 4.69) is 5.16 Å². The van der Waals surface area contributed by atoms with E-state index in [0.29, 0.717) is 5.56 Å². The average Bonchev–Trinajstić information content (AvgIpc) is 2.06. The Kier molecular flexibility index (Phi) is 2.42. The number of benzene rings is 1. The molecular formula is C8H6NO3-. The number of hydrogen-bond donors (Lipinski definition) is 1. The van der Waals surface area contributed by atoms with Crippen LogP contribution in [0.2, 0.25) is 0 Å². The van der Waals surface area contributed by atoms with E-state index in [4.69, 9.17) is 5.11 Å². The van der Waals surface area contributed by atoms with E-state index in [1.807, 2.05) is 0 Å². The van der Waals surface area contributed by atoms with Gasteiger partial charge in [0.2, 0.25) is 0 Å². The molecule has 0 aliphatic heterocycles. The first-order valence-electron chi connectivity index (χ1n) is 3.23. The number of nitrogens with zero attached hydrogens (tertiary/aromatic N) is 1. The predicted molar refractivity (Wildman–Crippen MR) is 44.4 cm³/mol. The van der Waals surface area contributed by atoms with Crippen molar-refractivity contribution in [2.24, 2.45) is 5.16 Å². The minimum Gasteiger partial charge on any atom is -0.792 e. The van der Waals surface area contributed by atoms with Gasteiger partial charge in [0, 0.05) is 6.21 Å². The molecule has 12 heavy (non-hydrogen) atoms. The lowest BCUT2D eigenvalue weighted by atomic mass is 10.1. The predicted octanol–water partition coefficient (Wildman–Crippen LogP) is 1.30.